The van der Waals surface area contributed by atoms with Crippen molar-refractivity contribution in [2.45, 2.75) is 31.5 Å². The van der Waals surface area contributed by atoms with Gasteiger partial charge in [0.2, 0.25) is 0 Å². The van der Waals surface area contributed by atoms with Gasteiger partial charge in [0, 0.05) is 5.69 Å². The van der Waals surface area contributed by atoms with Crippen molar-refractivity contribution in [3.05, 3.63) is 30.3 Å². The Balaban J connectivity index is 1.49. The van der Waals surface area contributed by atoms with Crippen LogP contribution in [0.4, 0.5) is 5.69 Å². The number of aliphatic hydroxyl groups excluding tert-OH is 1. The molecule has 3 nitrogen and oxygen atoms in total. The van der Waals surface area contributed by atoms with Gasteiger partial charge in [0.25, 0.3) is 0 Å². The molecular weight excluding hydrogens is 214 g/mol. The summed E-state index contributed by atoms with van der Waals surface area (Å²) in [5, 5.41) is 13.2. The third-order valence-electron chi connectivity index (χ3n) is 4.12. The molecule has 0 aromatic heterocycles. The Morgan fingerprint density at radius 1 is 1.18 bits per heavy atom. The summed E-state index contributed by atoms with van der Waals surface area (Å²) in [6.07, 6.45) is 3.35. The monoisotopic (exact) mass is 233 g/mol. The normalized spacial score (nSPS) is 35.1. The molecule has 2 N–H and O–H groups in total. The zero-order valence-corrected chi connectivity index (χ0v) is 9.88. The number of hydrogen-bond acceptors (Lipinski definition) is 3. The van der Waals surface area contributed by atoms with Crippen LogP contribution in [-0.2, 0) is 4.74 Å². The lowest BCUT2D eigenvalue weighted by atomic mass is 9.95. The lowest BCUT2D eigenvalue weighted by Crippen LogP contribution is -2.36. The molecule has 1 aromatic rings. The molecule has 1 aromatic carbocycles. The summed E-state index contributed by atoms with van der Waals surface area (Å²) in [5.41, 5.74) is 1.06. The van der Waals surface area contributed by atoms with E-state index in [-0.39, 0.29) is 12.2 Å². The molecule has 3 heteroatoms. The smallest absolute Gasteiger partial charge is 0.117 e. The first-order chi connectivity index (χ1) is 8.34. The van der Waals surface area contributed by atoms with Crippen LogP contribution in [0.25, 0.3) is 0 Å². The van der Waals surface area contributed by atoms with Crippen molar-refractivity contribution in [3.8, 4) is 0 Å². The van der Waals surface area contributed by atoms with E-state index in [0.29, 0.717) is 18.6 Å². The molecule has 0 spiro atoms. The summed E-state index contributed by atoms with van der Waals surface area (Å²) < 4.78 is 5.79. The minimum absolute atomic E-state index is 0.0463. The van der Waals surface area contributed by atoms with Crippen molar-refractivity contribution >= 4 is 5.69 Å². The number of nitrogens with one attached hydrogen (secondary N) is 1. The molecule has 0 heterocycles. The summed E-state index contributed by atoms with van der Waals surface area (Å²) >= 11 is 0. The van der Waals surface area contributed by atoms with Gasteiger partial charge in [-0.15, -0.1) is 0 Å². The summed E-state index contributed by atoms with van der Waals surface area (Å²) in [6, 6.07) is 10.0. The molecule has 4 atom stereocenters. The van der Waals surface area contributed by atoms with E-state index in [9.17, 15) is 5.11 Å². The Bertz CT molecular complexity index is 366. The summed E-state index contributed by atoms with van der Waals surface area (Å²) in [6.45, 7) is 0.481. The second-order valence-corrected chi connectivity index (χ2v) is 5.14. The lowest BCUT2D eigenvalue weighted by molar-refractivity contribution is -0.0588. The van der Waals surface area contributed by atoms with Gasteiger partial charge in [-0.2, -0.15) is 0 Å². The number of ether oxygens (including phenoxy) is 1. The fourth-order valence-electron chi connectivity index (χ4n) is 3.22. The molecule has 0 amide bonds. The van der Waals surface area contributed by atoms with Crippen molar-refractivity contribution in [2.75, 3.05) is 12.0 Å². The highest BCUT2D eigenvalue weighted by Crippen LogP contribution is 2.45. The molecule has 0 aliphatic heterocycles. The molecule has 2 aliphatic carbocycles. The van der Waals surface area contributed by atoms with E-state index >= 15 is 0 Å². The number of hydrogen-bond donors (Lipinski definition) is 2. The molecule has 0 radical (unpaired) electrons. The molecule has 17 heavy (non-hydrogen) atoms. The summed E-state index contributed by atoms with van der Waals surface area (Å²) in [5.74, 6) is 1.06. The Hall–Kier alpha value is -1.06. The van der Waals surface area contributed by atoms with Gasteiger partial charge in [-0.1, -0.05) is 18.2 Å². The number of para-hydroxylation sites is 1. The van der Waals surface area contributed by atoms with Crippen LogP contribution < -0.4 is 5.32 Å². The van der Waals surface area contributed by atoms with Gasteiger partial charge in [-0.25, -0.2) is 0 Å². The first kappa shape index (κ1) is 11.1. The van der Waals surface area contributed by atoms with E-state index in [2.05, 4.69) is 5.32 Å². The van der Waals surface area contributed by atoms with Crippen molar-refractivity contribution in [1.29, 1.82) is 0 Å². The minimum Gasteiger partial charge on any atom is -0.390 e. The number of fused-ring (bicyclic) bond motifs is 2. The van der Waals surface area contributed by atoms with Gasteiger partial charge in [0.1, 0.15) is 6.73 Å². The van der Waals surface area contributed by atoms with E-state index in [4.69, 9.17) is 4.74 Å². The van der Waals surface area contributed by atoms with Crippen LogP contribution in [0.15, 0.2) is 30.3 Å². The Labute approximate surface area is 102 Å². The maximum Gasteiger partial charge on any atom is 0.117 e. The quantitative estimate of drug-likeness (QED) is 0.784. The van der Waals surface area contributed by atoms with Crippen LogP contribution >= 0.6 is 0 Å². The van der Waals surface area contributed by atoms with Gasteiger partial charge in [-0.3, -0.25) is 0 Å². The van der Waals surface area contributed by atoms with Crippen LogP contribution in [0, 0.1) is 11.8 Å². The van der Waals surface area contributed by atoms with E-state index < -0.39 is 0 Å². The predicted octanol–water partition coefficient (Wildman–Crippen LogP) is 2.23. The first-order valence-electron chi connectivity index (χ1n) is 6.43. The van der Waals surface area contributed by atoms with Crippen LogP contribution in [0.5, 0.6) is 0 Å². The van der Waals surface area contributed by atoms with Gasteiger partial charge < -0.3 is 15.2 Å². The summed E-state index contributed by atoms with van der Waals surface area (Å²) in [4.78, 5) is 0. The third-order valence-corrected chi connectivity index (χ3v) is 4.12. The molecule has 2 bridgehead atoms. The first-order valence-corrected chi connectivity index (χ1v) is 6.43. The maximum absolute atomic E-state index is 10.0. The lowest BCUT2D eigenvalue weighted by Gasteiger charge is -2.27. The largest absolute Gasteiger partial charge is 0.390 e. The molecule has 4 unspecified atom stereocenters. The fraction of sp³-hybridized carbons (Fsp3) is 0.571. The molecule has 2 fully saturated rings. The zero-order chi connectivity index (χ0) is 11.7. The highest BCUT2D eigenvalue weighted by Gasteiger charge is 2.47. The second kappa shape index (κ2) is 4.67. The molecule has 0 saturated heterocycles. The Kier molecular flexibility index (Phi) is 3.04. The Morgan fingerprint density at radius 3 is 2.65 bits per heavy atom. The standard InChI is InChI=1S/C14H19NO2/c16-13-10-6-7-11(8-10)14(13)17-9-15-12-4-2-1-3-5-12/h1-5,10-11,13-16H,6-9H2. The topological polar surface area (TPSA) is 41.5 Å². The number of rotatable bonds is 4. The second-order valence-electron chi connectivity index (χ2n) is 5.14. The van der Waals surface area contributed by atoms with E-state index in [1.807, 2.05) is 30.3 Å². The third kappa shape index (κ3) is 2.17. The number of aliphatic hydroxyl groups is 1. The van der Waals surface area contributed by atoms with Gasteiger partial charge in [0.05, 0.1) is 12.2 Å². The van der Waals surface area contributed by atoms with Crippen LogP contribution in [0.1, 0.15) is 19.3 Å². The highest BCUT2D eigenvalue weighted by atomic mass is 16.5. The summed E-state index contributed by atoms with van der Waals surface area (Å²) in [7, 11) is 0. The van der Waals surface area contributed by atoms with Gasteiger partial charge in [-0.05, 0) is 43.2 Å². The van der Waals surface area contributed by atoms with Crippen LogP contribution in [0.3, 0.4) is 0 Å². The number of anilines is 1. The Morgan fingerprint density at radius 2 is 1.94 bits per heavy atom. The van der Waals surface area contributed by atoms with Crippen molar-refractivity contribution < 1.29 is 9.84 Å². The van der Waals surface area contributed by atoms with Crippen LogP contribution in [0.2, 0.25) is 0 Å². The molecule has 2 aliphatic rings. The average molecular weight is 233 g/mol. The number of benzene rings is 1. The predicted molar refractivity (Wildman–Crippen MR) is 66.6 cm³/mol. The highest BCUT2D eigenvalue weighted by molar-refractivity contribution is 5.41. The average Bonchev–Trinajstić information content (AvgIpc) is 2.94. The zero-order valence-electron chi connectivity index (χ0n) is 9.88. The van der Waals surface area contributed by atoms with Gasteiger partial charge in [0.15, 0.2) is 0 Å². The SMILES string of the molecule is OC1C2CCC(C2)C1OCNc1ccccc1. The molecule has 3 rings (SSSR count). The van der Waals surface area contributed by atoms with E-state index in [1.54, 1.807) is 0 Å². The fourth-order valence-corrected chi connectivity index (χ4v) is 3.22. The van der Waals surface area contributed by atoms with Crippen molar-refractivity contribution in [1.82, 2.24) is 0 Å². The van der Waals surface area contributed by atoms with Gasteiger partial charge >= 0.3 is 0 Å². The molecular formula is C14H19NO2. The van der Waals surface area contributed by atoms with Crippen molar-refractivity contribution in [3.63, 3.8) is 0 Å². The van der Waals surface area contributed by atoms with E-state index in [0.717, 1.165) is 12.1 Å². The molecule has 92 valence electrons. The maximum atomic E-state index is 10.0. The molecule has 2 saturated carbocycles. The van der Waals surface area contributed by atoms with Crippen LogP contribution in [-0.4, -0.2) is 24.0 Å². The van der Waals surface area contributed by atoms with E-state index in [1.165, 1.54) is 12.8 Å². The van der Waals surface area contributed by atoms with Crippen molar-refractivity contribution in [2.24, 2.45) is 11.8 Å². The minimum atomic E-state index is -0.244.